The van der Waals surface area contributed by atoms with E-state index < -0.39 is 0 Å². The zero-order chi connectivity index (χ0) is 12.0. The number of amides is 1. The highest BCUT2D eigenvalue weighted by Gasteiger charge is 2.33. The molecule has 0 saturated heterocycles. The average molecular weight is 227 g/mol. The number of nitrogens with one attached hydrogen (secondary N) is 1. The molecule has 0 bridgehead atoms. The Balaban J connectivity index is 2.43. The van der Waals surface area contributed by atoms with Crippen molar-refractivity contribution in [2.45, 2.75) is 45.1 Å². The van der Waals surface area contributed by atoms with Gasteiger partial charge in [0.1, 0.15) is 0 Å². The second-order valence-electron chi connectivity index (χ2n) is 4.70. The normalized spacial score (nSPS) is 19.0. The Morgan fingerprint density at radius 3 is 2.31 bits per heavy atom. The fourth-order valence-corrected chi connectivity index (χ4v) is 2.42. The molecule has 1 amide bonds. The van der Waals surface area contributed by atoms with Gasteiger partial charge in [-0.15, -0.1) is 0 Å². The summed E-state index contributed by atoms with van der Waals surface area (Å²) >= 11 is 0. The van der Waals surface area contributed by atoms with E-state index >= 15 is 0 Å². The van der Waals surface area contributed by atoms with E-state index in [1.165, 1.54) is 12.8 Å². The van der Waals surface area contributed by atoms with Crippen LogP contribution in [-0.2, 0) is 4.79 Å². The molecular weight excluding hydrogens is 202 g/mol. The largest absolute Gasteiger partial charge is 0.348 e. The Morgan fingerprint density at radius 1 is 1.31 bits per heavy atom. The molecule has 0 unspecified atom stereocenters. The lowest BCUT2D eigenvalue weighted by Crippen LogP contribution is -2.54. The van der Waals surface area contributed by atoms with Crippen molar-refractivity contribution in [1.29, 1.82) is 0 Å². The number of nitrogens with zero attached hydrogens (tertiary/aromatic N) is 1. The van der Waals surface area contributed by atoms with Gasteiger partial charge in [-0.3, -0.25) is 9.69 Å². The number of hydrogen-bond acceptors (Lipinski definition) is 3. The van der Waals surface area contributed by atoms with Crippen molar-refractivity contribution in [2.24, 2.45) is 5.73 Å². The van der Waals surface area contributed by atoms with E-state index in [4.69, 9.17) is 5.73 Å². The smallest absolute Gasteiger partial charge is 0.234 e. The van der Waals surface area contributed by atoms with Crippen molar-refractivity contribution in [3.05, 3.63) is 0 Å². The van der Waals surface area contributed by atoms with Crippen molar-refractivity contribution in [1.82, 2.24) is 10.2 Å². The molecule has 0 spiro atoms. The predicted octanol–water partition coefficient (Wildman–Crippen LogP) is 0.716. The molecule has 0 aromatic carbocycles. The van der Waals surface area contributed by atoms with Crippen molar-refractivity contribution >= 4 is 5.91 Å². The number of likely N-dealkylation sites (N-methyl/N-ethyl adjacent to an activating group) is 1. The summed E-state index contributed by atoms with van der Waals surface area (Å²) in [6, 6.07) is 0. The molecule has 3 N–H and O–H groups in total. The van der Waals surface area contributed by atoms with Gasteiger partial charge in [0.15, 0.2) is 0 Å². The molecule has 0 aromatic rings. The molecule has 0 atom stereocenters. The first-order valence-electron chi connectivity index (χ1n) is 6.39. The van der Waals surface area contributed by atoms with Crippen LogP contribution in [0.25, 0.3) is 0 Å². The number of carbonyl (C=O) groups excluding carboxylic acids is 1. The minimum Gasteiger partial charge on any atom is -0.348 e. The quantitative estimate of drug-likeness (QED) is 0.703. The van der Waals surface area contributed by atoms with Crippen LogP contribution < -0.4 is 11.1 Å². The molecule has 16 heavy (non-hydrogen) atoms. The summed E-state index contributed by atoms with van der Waals surface area (Å²) in [5.41, 5.74) is 5.68. The van der Waals surface area contributed by atoms with Crippen LogP contribution in [0.2, 0.25) is 0 Å². The van der Waals surface area contributed by atoms with E-state index in [1.54, 1.807) is 0 Å². The van der Waals surface area contributed by atoms with Gasteiger partial charge < -0.3 is 11.1 Å². The lowest BCUT2D eigenvalue weighted by atomic mass is 9.98. The second kappa shape index (κ2) is 6.21. The summed E-state index contributed by atoms with van der Waals surface area (Å²) in [6.45, 7) is 7.04. The van der Waals surface area contributed by atoms with Gasteiger partial charge in [0.2, 0.25) is 5.91 Å². The first-order valence-corrected chi connectivity index (χ1v) is 6.39. The van der Waals surface area contributed by atoms with Crippen molar-refractivity contribution in [2.75, 3.05) is 26.2 Å². The van der Waals surface area contributed by atoms with Crippen LogP contribution in [0.5, 0.6) is 0 Å². The molecule has 1 aliphatic carbocycles. The third kappa shape index (κ3) is 3.46. The first kappa shape index (κ1) is 13.5. The fourth-order valence-electron chi connectivity index (χ4n) is 2.42. The van der Waals surface area contributed by atoms with Gasteiger partial charge in [0.05, 0.1) is 12.1 Å². The van der Waals surface area contributed by atoms with Crippen molar-refractivity contribution < 1.29 is 4.79 Å². The summed E-state index contributed by atoms with van der Waals surface area (Å²) in [5.74, 6) is 0.121. The van der Waals surface area contributed by atoms with Gasteiger partial charge in [-0.2, -0.15) is 0 Å². The molecule has 0 heterocycles. The SMILES string of the molecule is CCN(CC)CC(=O)NC1(CN)CCCC1. The van der Waals surface area contributed by atoms with E-state index in [1.807, 2.05) is 0 Å². The second-order valence-corrected chi connectivity index (χ2v) is 4.70. The van der Waals surface area contributed by atoms with Gasteiger partial charge >= 0.3 is 0 Å². The highest BCUT2D eigenvalue weighted by molar-refractivity contribution is 5.79. The Morgan fingerprint density at radius 2 is 1.88 bits per heavy atom. The lowest BCUT2D eigenvalue weighted by molar-refractivity contribution is -0.124. The molecule has 1 saturated carbocycles. The van der Waals surface area contributed by atoms with Crippen LogP contribution in [0.4, 0.5) is 0 Å². The highest BCUT2D eigenvalue weighted by Crippen LogP contribution is 2.28. The summed E-state index contributed by atoms with van der Waals surface area (Å²) in [7, 11) is 0. The van der Waals surface area contributed by atoms with E-state index in [2.05, 4.69) is 24.1 Å². The van der Waals surface area contributed by atoms with Crippen molar-refractivity contribution in [3.63, 3.8) is 0 Å². The average Bonchev–Trinajstić information content (AvgIpc) is 2.75. The van der Waals surface area contributed by atoms with Crippen LogP contribution in [0, 0.1) is 0 Å². The fraction of sp³-hybridized carbons (Fsp3) is 0.917. The molecule has 4 nitrogen and oxygen atoms in total. The van der Waals surface area contributed by atoms with Crippen LogP contribution in [0.15, 0.2) is 0 Å². The van der Waals surface area contributed by atoms with Crippen LogP contribution in [0.1, 0.15) is 39.5 Å². The van der Waals surface area contributed by atoms with E-state index in [0.29, 0.717) is 13.1 Å². The molecular formula is C12H25N3O. The summed E-state index contributed by atoms with van der Waals surface area (Å²) in [4.78, 5) is 14.0. The number of carbonyl (C=O) groups is 1. The molecule has 94 valence electrons. The Kier molecular flexibility index (Phi) is 5.22. The summed E-state index contributed by atoms with van der Waals surface area (Å²) in [6.07, 6.45) is 4.44. The summed E-state index contributed by atoms with van der Waals surface area (Å²) < 4.78 is 0. The van der Waals surface area contributed by atoms with Gasteiger partial charge in [0, 0.05) is 6.54 Å². The minimum absolute atomic E-state index is 0.107. The van der Waals surface area contributed by atoms with Gasteiger partial charge in [-0.05, 0) is 25.9 Å². The Bertz CT molecular complexity index is 220. The highest BCUT2D eigenvalue weighted by atomic mass is 16.2. The maximum atomic E-state index is 11.9. The number of hydrogen-bond donors (Lipinski definition) is 2. The van der Waals surface area contributed by atoms with Crippen LogP contribution >= 0.6 is 0 Å². The van der Waals surface area contributed by atoms with Crippen LogP contribution in [0.3, 0.4) is 0 Å². The Hall–Kier alpha value is -0.610. The number of rotatable bonds is 6. The molecule has 0 radical (unpaired) electrons. The van der Waals surface area contributed by atoms with E-state index in [0.717, 1.165) is 25.9 Å². The third-order valence-electron chi connectivity index (χ3n) is 3.62. The topological polar surface area (TPSA) is 58.4 Å². The maximum absolute atomic E-state index is 11.9. The molecule has 0 aromatic heterocycles. The zero-order valence-electron chi connectivity index (χ0n) is 10.6. The molecule has 1 rings (SSSR count). The van der Waals surface area contributed by atoms with Crippen molar-refractivity contribution in [3.8, 4) is 0 Å². The third-order valence-corrected chi connectivity index (χ3v) is 3.62. The zero-order valence-corrected chi connectivity index (χ0v) is 10.6. The number of nitrogens with two attached hydrogens (primary N) is 1. The molecule has 1 fully saturated rings. The van der Waals surface area contributed by atoms with Gasteiger partial charge in [-0.1, -0.05) is 26.7 Å². The summed E-state index contributed by atoms with van der Waals surface area (Å²) in [5, 5.41) is 3.14. The predicted molar refractivity (Wildman–Crippen MR) is 66.2 cm³/mol. The van der Waals surface area contributed by atoms with Gasteiger partial charge in [-0.25, -0.2) is 0 Å². The molecule has 1 aliphatic rings. The van der Waals surface area contributed by atoms with E-state index in [-0.39, 0.29) is 11.4 Å². The molecule has 4 heteroatoms. The standard InChI is InChI=1S/C12H25N3O/c1-3-15(4-2)9-11(16)14-12(10-13)7-5-6-8-12/h3-10,13H2,1-2H3,(H,14,16). The van der Waals surface area contributed by atoms with Gasteiger partial charge in [0.25, 0.3) is 0 Å². The Labute approximate surface area is 98.6 Å². The minimum atomic E-state index is -0.107. The molecule has 0 aliphatic heterocycles. The monoisotopic (exact) mass is 227 g/mol. The van der Waals surface area contributed by atoms with Crippen LogP contribution in [-0.4, -0.2) is 42.5 Å². The lowest BCUT2D eigenvalue weighted by Gasteiger charge is -2.30. The van der Waals surface area contributed by atoms with E-state index in [9.17, 15) is 4.79 Å². The first-order chi connectivity index (χ1) is 7.65. The maximum Gasteiger partial charge on any atom is 0.234 e.